The molecule has 0 spiro atoms. The highest BCUT2D eigenvalue weighted by Gasteiger charge is 2.64. The molecule has 1 amide bonds. The summed E-state index contributed by atoms with van der Waals surface area (Å²) in [6.07, 6.45) is -1.23. The molecule has 0 unspecified atom stereocenters. The van der Waals surface area contributed by atoms with Crippen LogP contribution in [0.4, 0.5) is 0 Å². The Hall–Kier alpha value is -2.21. The van der Waals surface area contributed by atoms with Crippen LogP contribution in [0.1, 0.15) is 25.3 Å². The van der Waals surface area contributed by atoms with Crippen molar-refractivity contribution in [2.45, 2.75) is 37.4 Å². The topological polar surface area (TPSA) is 81.7 Å². The van der Waals surface area contributed by atoms with Crippen LogP contribution in [0.2, 0.25) is 0 Å². The summed E-state index contributed by atoms with van der Waals surface area (Å²) in [4.78, 5) is 37.3. The first-order chi connectivity index (χ1) is 11.1. The van der Waals surface area contributed by atoms with Gasteiger partial charge in [0.15, 0.2) is 0 Å². The number of para-hydroxylation sites is 1. The largest absolute Gasteiger partial charge is 0.488 e. The summed E-state index contributed by atoms with van der Waals surface area (Å²) in [6.45, 7) is 2.10. The standard InChI is InChI=1S/C17H19NO5/c1-3-18-16(21)15(20)17-11-6-4-5-7-12(11)23-14(17)9-10(19)8-13(17)22-2/h4-7,13-14H,3,8-9H2,1-2H3,(H,18,21)/t13-,14-,17-/m0/s1. The van der Waals surface area contributed by atoms with E-state index in [-0.39, 0.29) is 18.6 Å². The first-order valence-corrected chi connectivity index (χ1v) is 7.69. The average Bonchev–Trinajstić information content (AvgIpc) is 2.88. The predicted molar refractivity (Wildman–Crippen MR) is 81.3 cm³/mol. The van der Waals surface area contributed by atoms with Crippen molar-refractivity contribution in [2.24, 2.45) is 0 Å². The molecule has 1 saturated carbocycles. The van der Waals surface area contributed by atoms with Crippen molar-refractivity contribution in [3.05, 3.63) is 29.8 Å². The van der Waals surface area contributed by atoms with E-state index in [0.717, 1.165) is 0 Å². The fourth-order valence-corrected chi connectivity index (χ4v) is 3.68. The minimum atomic E-state index is -1.27. The molecule has 2 aliphatic rings. The van der Waals surface area contributed by atoms with E-state index >= 15 is 0 Å². The number of carbonyl (C=O) groups excluding carboxylic acids is 3. The summed E-state index contributed by atoms with van der Waals surface area (Å²) in [6, 6.07) is 7.11. The SMILES string of the molecule is CCNC(=O)C(=O)[C@]12c3ccccc3O[C@H]1CC(=O)C[C@@H]2OC. The quantitative estimate of drug-likeness (QED) is 0.830. The lowest BCUT2D eigenvalue weighted by molar-refractivity contribution is -0.152. The van der Waals surface area contributed by atoms with Crippen molar-refractivity contribution in [1.29, 1.82) is 0 Å². The second-order valence-corrected chi connectivity index (χ2v) is 5.83. The fraction of sp³-hybridized carbons (Fsp3) is 0.471. The first kappa shape index (κ1) is 15.7. The Labute approximate surface area is 134 Å². The molecule has 0 bridgehead atoms. The summed E-state index contributed by atoms with van der Waals surface area (Å²) in [5.41, 5.74) is -0.640. The number of likely N-dealkylation sites (N-methyl/N-ethyl adjacent to an activating group) is 1. The van der Waals surface area contributed by atoms with E-state index < -0.39 is 29.3 Å². The lowest BCUT2D eigenvalue weighted by Crippen LogP contribution is -2.62. The fourth-order valence-electron chi connectivity index (χ4n) is 3.68. The van der Waals surface area contributed by atoms with Gasteiger partial charge >= 0.3 is 0 Å². The number of ketones is 2. The van der Waals surface area contributed by atoms with E-state index in [1.54, 1.807) is 31.2 Å². The molecule has 0 radical (unpaired) electrons. The molecule has 1 aromatic rings. The first-order valence-electron chi connectivity index (χ1n) is 7.69. The molecule has 1 fully saturated rings. The maximum atomic E-state index is 13.0. The van der Waals surface area contributed by atoms with Gasteiger partial charge in [0.25, 0.3) is 5.91 Å². The van der Waals surface area contributed by atoms with Gasteiger partial charge in [-0.25, -0.2) is 0 Å². The van der Waals surface area contributed by atoms with Gasteiger partial charge < -0.3 is 14.8 Å². The molecule has 0 aromatic heterocycles. The lowest BCUT2D eigenvalue weighted by Gasteiger charge is -2.41. The molecule has 1 aliphatic carbocycles. The van der Waals surface area contributed by atoms with Crippen molar-refractivity contribution in [2.75, 3.05) is 13.7 Å². The molecule has 3 atom stereocenters. The smallest absolute Gasteiger partial charge is 0.288 e. The Morgan fingerprint density at radius 2 is 2.09 bits per heavy atom. The molecule has 0 saturated heterocycles. The van der Waals surface area contributed by atoms with Gasteiger partial charge in [0, 0.05) is 32.1 Å². The van der Waals surface area contributed by atoms with Gasteiger partial charge in [-0.3, -0.25) is 14.4 Å². The van der Waals surface area contributed by atoms with Gasteiger partial charge in [-0.15, -0.1) is 0 Å². The normalized spacial score (nSPS) is 28.5. The number of rotatable bonds is 4. The van der Waals surface area contributed by atoms with Crippen molar-refractivity contribution >= 4 is 17.5 Å². The van der Waals surface area contributed by atoms with E-state index in [4.69, 9.17) is 9.47 Å². The molecule has 122 valence electrons. The number of amides is 1. The Morgan fingerprint density at radius 3 is 2.78 bits per heavy atom. The summed E-state index contributed by atoms with van der Waals surface area (Å²) in [7, 11) is 1.45. The van der Waals surface area contributed by atoms with Crippen LogP contribution in [-0.4, -0.2) is 43.3 Å². The van der Waals surface area contributed by atoms with Crippen LogP contribution in [0.5, 0.6) is 5.75 Å². The number of ether oxygens (including phenoxy) is 2. The molecule has 23 heavy (non-hydrogen) atoms. The van der Waals surface area contributed by atoms with Crippen molar-refractivity contribution in [1.82, 2.24) is 5.32 Å². The van der Waals surface area contributed by atoms with Gasteiger partial charge in [-0.2, -0.15) is 0 Å². The van der Waals surface area contributed by atoms with Crippen LogP contribution >= 0.6 is 0 Å². The van der Waals surface area contributed by atoms with Gasteiger partial charge in [0.2, 0.25) is 5.78 Å². The maximum Gasteiger partial charge on any atom is 0.288 e. The van der Waals surface area contributed by atoms with Gasteiger partial charge in [-0.1, -0.05) is 18.2 Å². The maximum absolute atomic E-state index is 13.0. The van der Waals surface area contributed by atoms with E-state index in [1.165, 1.54) is 7.11 Å². The van der Waals surface area contributed by atoms with E-state index in [0.29, 0.717) is 17.9 Å². The van der Waals surface area contributed by atoms with E-state index in [9.17, 15) is 14.4 Å². The van der Waals surface area contributed by atoms with Gasteiger partial charge in [0.1, 0.15) is 23.1 Å². The number of carbonyl (C=O) groups is 3. The van der Waals surface area contributed by atoms with Gasteiger partial charge in [-0.05, 0) is 13.0 Å². The predicted octanol–water partition coefficient (Wildman–Crippen LogP) is 0.768. The van der Waals surface area contributed by atoms with Crippen LogP contribution in [0.3, 0.4) is 0 Å². The minimum Gasteiger partial charge on any atom is -0.488 e. The number of methoxy groups -OCH3 is 1. The van der Waals surface area contributed by atoms with Crippen LogP contribution in [0.25, 0.3) is 0 Å². The van der Waals surface area contributed by atoms with Crippen molar-refractivity contribution in [3.63, 3.8) is 0 Å². The highest BCUT2D eigenvalue weighted by Crippen LogP contribution is 2.51. The summed E-state index contributed by atoms with van der Waals surface area (Å²) >= 11 is 0. The number of hydrogen-bond acceptors (Lipinski definition) is 5. The molecule has 1 N–H and O–H groups in total. The lowest BCUT2D eigenvalue weighted by atomic mass is 9.63. The molecule has 6 heteroatoms. The minimum absolute atomic E-state index is 0.0334. The average molecular weight is 317 g/mol. The molecular weight excluding hydrogens is 298 g/mol. The number of benzene rings is 1. The van der Waals surface area contributed by atoms with Gasteiger partial charge in [0.05, 0.1) is 6.10 Å². The third-order valence-corrected chi connectivity index (χ3v) is 4.65. The molecule has 1 aromatic carbocycles. The second kappa shape index (κ2) is 5.77. The van der Waals surface area contributed by atoms with Crippen molar-refractivity contribution < 1.29 is 23.9 Å². The van der Waals surface area contributed by atoms with Crippen LogP contribution in [-0.2, 0) is 24.5 Å². The Balaban J connectivity index is 2.17. The molecular formula is C17H19NO5. The number of hydrogen-bond donors (Lipinski definition) is 1. The summed E-state index contributed by atoms with van der Waals surface area (Å²) in [5, 5.41) is 2.55. The van der Waals surface area contributed by atoms with Crippen molar-refractivity contribution in [3.8, 4) is 5.75 Å². The highest BCUT2D eigenvalue weighted by atomic mass is 16.5. The van der Waals surface area contributed by atoms with Crippen LogP contribution in [0.15, 0.2) is 24.3 Å². The zero-order chi connectivity index (χ0) is 16.6. The summed E-state index contributed by atoms with van der Waals surface area (Å²) < 4.78 is 11.3. The second-order valence-electron chi connectivity index (χ2n) is 5.83. The van der Waals surface area contributed by atoms with E-state index in [1.807, 2.05) is 0 Å². The Morgan fingerprint density at radius 1 is 1.35 bits per heavy atom. The number of Topliss-reactive ketones (excluding diaryl/α,β-unsaturated/α-hetero) is 2. The Kier molecular flexibility index (Phi) is 3.93. The zero-order valence-electron chi connectivity index (χ0n) is 13.1. The molecule has 1 aliphatic heterocycles. The zero-order valence-corrected chi connectivity index (χ0v) is 13.1. The van der Waals surface area contributed by atoms with E-state index in [2.05, 4.69) is 5.32 Å². The number of nitrogens with one attached hydrogen (secondary N) is 1. The number of fused-ring (bicyclic) bond motifs is 3. The third kappa shape index (κ3) is 2.16. The highest BCUT2D eigenvalue weighted by molar-refractivity contribution is 6.40. The van der Waals surface area contributed by atoms with Crippen LogP contribution < -0.4 is 10.1 Å². The molecule has 6 nitrogen and oxygen atoms in total. The Bertz CT molecular complexity index is 659. The monoisotopic (exact) mass is 317 g/mol. The summed E-state index contributed by atoms with van der Waals surface area (Å²) in [5.74, 6) is -0.774. The third-order valence-electron chi connectivity index (χ3n) is 4.65. The molecule has 3 rings (SSSR count). The molecule has 1 heterocycles. The van der Waals surface area contributed by atoms with Crippen LogP contribution in [0, 0.1) is 0 Å².